The van der Waals surface area contributed by atoms with Crippen molar-refractivity contribution in [3.05, 3.63) is 29.3 Å². The first-order valence-electron chi connectivity index (χ1n) is 5.63. The summed E-state index contributed by atoms with van der Waals surface area (Å²) in [5, 5.41) is 8.79. The standard InChI is InChI=1S/C13H19NO3/c1-4-10-5-6-12(17-3)11(7-10)8-14(2)13(16)9-15/h5-7,15H,4,8-9H2,1-3H3. The van der Waals surface area contributed by atoms with E-state index in [4.69, 9.17) is 9.84 Å². The molecule has 4 heteroatoms. The van der Waals surface area contributed by atoms with Crippen molar-refractivity contribution >= 4 is 5.91 Å². The van der Waals surface area contributed by atoms with Crippen molar-refractivity contribution in [3.8, 4) is 5.75 Å². The zero-order valence-corrected chi connectivity index (χ0v) is 10.6. The number of benzene rings is 1. The van der Waals surface area contributed by atoms with Gasteiger partial charge in [0.25, 0.3) is 0 Å². The van der Waals surface area contributed by atoms with Gasteiger partial charge in [-0.05, 0) is 18.1 Å². The normalized spacial score (nSPS) is 10.1. The van der Waals surface area contributed by atoms with Crippen LogP contribution in [-0.2, 0) is 17.8 Å². The smallest absolute Gasteiger partial charge is 0.248 e. The Hall–Kier alpha value is -1.55. The van der Waals surface area contributed by atoms with Crippen molar-refractivity contribution < 1.29 is 14.6 Å². The topological polar surface area (TPSA) is 49.8 Å². The van der Waals surface area contributed by atoms with Gasteiger partial charge in [-0.25, -0.2) is 0 Å². The minimum Gasteiger partial charge on any atom is -0.496 e. The van der Waals surface area contributed by atoms with Gasteiger partial charge >= 0.3 is 0 Å². The molecule has 0 spiro atoms. The molecule has 0 aromatic heterocycles. The van der Waals surface area contributed by atoms with Gasteiger partial charge in [-0.3, -0.25) is 4.79 Å². The van der Waals surface area contributed by atoms with Crippen molar-refractivity contribution in [3.63, 3.8) is 0 Å². The van der Waals surface area contributed by atoms with E-state index in [1.807, 2.05) is 18.2 Å². The van der Waals surface area contributed by atoms with E-state index in [0.29, 0.717) is 6.54 Å². The molecule has 17 heavy (non-hydrogen) atoms. The number of carbonyl (C=O) groups excluding carboxylic acids is 1. The molecule has 0 bridgehead atoms. The molecule has 0 unspecified atom stereocenters. The van der Waals surface area contributed by atoms with Crippen LogP contribution in [0.4, 0.5) is 0 Å². The maximum absolute atomic E-state index is 11.3. The lowest BCUT2D eigenvalue weighted by Gasteiger charge is -2.18. The number of hydrogen-bond donors (Lipinski definition) is 1. The molecule has 1 N–H and O–H groups in total. The molecule has 0 saturated heterocycles. The van der Waals surface area contributed by atoms with E-state index in [2.05, 4.69) is 6.92 Å². The Morgan fingerprint density at radius 1 is 1.47 bits per heavy atom. The minimum absolute atomic E-state index is 0.297. The van der Waals surface area contributed by atoms with Gasteiger partial charge in [-0.1, -0.05) is 19.1 Å². The van der Waals surface area contributed by atoms with Crippen molar-refractivity contribution in [1.29, 1.82) is 0 Å². The van der Waals surface area contributed by atoms with Gasteiger partial charge in [0.05, 0.1) is 7.11 Å². The summed E-state index contributed by atoms with van der Waals surface area (Å²) in [6.45, 7) is 2.05. The second-order valence-electron chi connectivity index (χ2n) is 3.91. The predicted octanol–water partition coefficient (Wildman–Crippen LogP) is 1.21. The van der Waals surface area contributed by atoms with E-state index < -0.39 is 6.61 Å². The molecule has 0 aliphatic rings. The van der Waals surface area contributed by atoms with Crippen molar-refractivity contribution in [1.82, 2.24) is 4.90 Å². The quantitative estimate of drug-likeness (QED) is 0.837. The fourth-order valence-corrected chi connectivity index (χ4v) is 1.64. The Kier molecular flexibility index (Phi) is 4.97. The molecule has 1 rings (SSSR count). The molecule has 0 saturated carbocycles. The average Bonchev–Trinajstić information content (AvgIpc) is 2.37. The molecule has 1 aromatic carbocycles. The van der Waals surface area contributed by atoms with E-state index in [9.17, 15) is 4.79 Å². The fraction of sp³-hybridized carbons (Fsp3) is 0.462. The first-order chi connectivity index (χ1) is 8.12. The van der Waals surface area contributed by atoms with Crippen LogP contribution >= 0.6 is 0 Å². The van der Waals surface area contributed by atoms with Crippen molar-refractivity contribution in [2.24, 2.45) is 0 Å². The predicted molar refractivity (Wildman–Crippen MR) is 65.9 cm³/mol. The third-order valence-electron chi connectivity index (χ3n) is 2.72. The van der Waals surface area contributed by atoms with Crippen LogP contribution in [0.1, 0.15) is 18.1 Å². The molecule has 0 fully saturated rings. The van der Waals surface area contributed by atoms with Gasteiger partial charge in [0, 0.05) is 19.2 Å². The molecule has 0 radical (unpaired) electrons. The first-order valence-corrected chi connectivity index (χ1v) is 5.63. The summed E-state index contributed by atoms with van der Waals surface area (Å²) in [7, 11) is 3.27. The molecule has 0 aliphatic heterocycles. The Balaban J connectivity index is 2.91. The molecule has 0 heterocycles. The van der Waals surface area contributed by atoms with Crippen LogP contribution in [-0.4, -0.2) is 36.7 Å². The third-order valence-corrected chi connectivity index (χ3v) is 2.72. The number of likely N-dealkylation sites (N-methyl/N-ethyl adjacent to an activating group) is 1. The molecular weight excluding hydrogens is 218 g/mol. The molecule has 1 amide bonds. The summed E-state index contributed by atoms with van der Waals surface area (Å²) in [4.78, 5) is 12.8. The largest absolute Gasteiger partial charge is 0.496 e. The van der Waals surface area contributed by atoms with Crippen LogP contribution < -0.4 is 4.74 Å². The highest BCUT2D eigenvalue weighted by Gasteiger charge is 2.11. The first kappa shape index (κ1) is 13.5. The second kappa shape index (κ2) is 6.25. The van der Waals surface area contributed by atoms with Gasteiger partial charge in [0.1, 0.15) is 12.4 Å². The van der Waals surface area contributed by atoms with Gasteiger partial charge in [-0.15, -0.1) is 0 Å². The van der Waals surface area contributed by atoms with E-state index in [1.165, 1.54) is 10.5 Å². The van der Waals surface area contributed by atoms with E-state index >= 15 is 0 Å². The highest BCUT2D eigenvalue weighted by molar-refractivity contribution is 5.76. The summed E-state index contributed by atoms with van der Waals surface area (Å²) >= 11 is 0. The fourth-order valence-electron chi connectivity index (χ4n) is 1.64. The number of amides is 1. The average molecular weight is 237 g/mol. The van der Waals surface area contributed by atoms with E-state index in [0.717, 1.165) is 17.7 Å². The number of methoxy groups -OCH3 is 1. The lowest BCUT2D eigenvalue weighted by Crippen LogP contribution is -2.28. The van der Waals surface area contributed by atoms with Crippen LogP contribution in [0.2, 0.25) is 0 Å². The molecule has 1 aromatic rings. The number of nitrogens with zero attached hydrogens (tertiary/aromatic N) is 1. The van der Waals surface area contributed by atoms with E-state index in [-0.39, 0.29) is 5.91 Å². The van der Waals surface area contributed by atoms with Crippen LogP contribution in [0.25, 0.3) is 0 Å². The SMILES string of the molecule is CCc1ccc(OC)c(CN(C)C(=O)CO)c1. The molecule has 0 aliphatic carbocycles. The zero-order valence-electron chi connectivity index (χ0n) is 10.6. The van der Waals surface area contributed by atoms with Crippen LogP contribution in [0.5, 0.6) is 5.75 Å². The maximum atomic E-state index is 11.3. The highest BCUT2D eigenvalue weighted by Crippen LogP contribution is 2.21. The summed E-state index contributed by atoms with van der Waals surface area (Å²) in [6, 6.07) is 5.95. The Bertz CT molecular complexity index is 390. The maximum Gasteiger partial charge on any atom is 0.248 e. The molecular formula is C13H19NO3. The summed E-state index contributed by atoms with van der Waals surface area (Å²) in [6.07, 6.45) is 0.939. The number of carbonyl (C=O) groups is 1. The lowest BCUT2D eigenvalue weighted by molar-refractivity contribution is -0.133. The van der Waals surface area contributed by atoms with Crippen LogP contribution in [0, 0.1) is 0 Å². The van der Waals surface area contributed by atoms with Gasteiger partial charge in [0.2, 0.25) is 5.91 Å². The van der Waals surface area contributed by atoms with Crippen molar-refractivity contribution in [2.45, 2.75) is 19.9 Å². The number of aryl methyl sites for hydroxylation is 1. The Morgan fingerprint density at radius 3 is 2.71 bits per heavy atom. The number of hydrogen-bond acceptors (Lipinski definition) is 3. The lowest BCUT2D eigenvalue weighted by atomic mass is 10.1. The van der Waals surface area contributed by atoms with Crippen LogP contribution in [0.15, 0.2) is 18.2 Å². The van der Waals surface area contributed by atoms with Gasteiger partial charge < -0.3 is 14.7 Å². The summed E-state index contributed by atoms with van der Waals surface area (Å²) in [5.74, 6) is 0.466. The summed E-state index contributed by atoms with van der Waals surface area (Å²) in [5.41, 5.74) is 2.15. The second-order valence-corrected chi connectivity index (χ2v) is 3.91. The zero-order chi connectivity index (χ0) is 12.8. The van der Waals surface area contributed by atoms with Gasteiger partial charge in [0.15, 0.2) is 0 Å². The Morgan fingerprint density at radius 2 is 2.18 bits per heavy atom. The summed E-state index contributed by atoms with van der Waals surface area (Å²) < 4.78 is 5.26. The molecule has 0 atom stereocenters. The van der Waals surface area contributed by atoms with Gasteiger partial charge in [-0.2, -0.15) is 0 Å². The Labute approximate surface area is 102 Å². The van der Waals surface area contributed by atoms with Crippen molar-refractivity contribution in [2.75, 3.05) is 20.8 Å². The molecule has 4 nitrogen and oxygen atoms in total. The number of aliphatic hydroxyl groups excluding tert-OH is 1. The minimum atomic E-state index is -0.466. The molecule has 94 valence electrons. The number of aliphatic hydroxyl groups is 1. The number of ether oxygens (including phenoxy) is 1. The monoisotopic (exact) mass is 237 g/mol. The van der Waals surface area contributed by atoms with Crippen LogP contribution in [0.3, 0.4) is 0 Å². The third kappa shape index (κ3) is 3.46. The number of rotatable bonds is 5. The van der Waals surface area contributed by atoms with E-state index in [1.54, 1.807) is 14.2 Å². The highest BCUT2D eigenvalue weighted by atomic mass is 16.5.